The van der Waals surface area contributed by atoms with Crippen molar-refractivity contribution in [2.45, 2.75) is 33.7 Å². The fourth-order valence-electron chi connectivity index (χ4n) is 4.25. The first-order chi connectivity index (χ1) is 18.4. The molecule has 3 aromatic heterocycles. The van der Waals surface area contributed by atoms with Gasteiger partial charge in [-0.25, -0.2) is 4.98 Å². The van der Waals surface area contributed by atoms with Gasteiger partial charge >= 0.3 is 0 Å². The van der Waals surface area contributed by atoms with Gasteiger partial charge in [-0.05, 0) is 56.4 Å². The Labute approximate surface area is 227 Å². The summed E-state index contributed by atoms with van der Waals surface area (Å²) in [5.74, 6) is 5.54. The summed E-state index contributed by atoms with van der Waals surface area (Å²) in [6, 6.07) is 12.6. The number of nitrogens with one attached hydrogen (secondary N) is 1. The quantitative estimate of drug-likeness (QED) is 0.298. The summed E-state index contributed by atoms with van der Waals surface area (Å²) in [5.41, 5.74) is 2.85. The molecule has 0 saturated heterocycles. The minimum atomic E-state index is -0.246. The SMILES string of the molecule is CC#CC(=O)N(CC)CC(CC)Cn1nc(-c2ccc(C(=O)Nc3ccccn3)cc2)c2cncc(Cl)c21. The molecule has 1 aromatic carbocycles. The van der Waals surface area contributed by atoms with Crippen molar-refractivity contribution in [3.05, 3.63) is 71.6 Å². The molecule has 1 atom stereocenters. The lowest BCUT2D eigenvalue weighted by molar-refractivity contribution is -0.125. The van der Waals surface area contributed by atoms with Crippen LogP contribution in [0.3, 0.4) is 0 Å². The Hall–Kier alpha value is -4.22. The minimum absolute atomic E-state index is 0.149. The molecule has 4 rings (SSSR count). The summed E-state index contributed by atoms with van der Waals surface area (Å²) in [7, 11) is 0. The Morgan fingerprint density at radius 3 is 2.58 bits per heavy atom. The second-order valence-electron chi connectivity index (χ2n) is 8.79. The molecule has 4 aromatic rings. The molecule has 0 saturated carbocycles. The molecule has 194 valence electrons. The Morgan fingerprint density at radius 2 is 1.92 bits per heavy atom. The first kappa shape index (κ1) is 26.8. The van der Waals surface area contributed by atoms with E-state index >= 15 is 0 Å². The van der Waals surface area contributed by atoms with Gasteiger partial charge in [-0.1, -0.05) is 42.6 Å². The third-order valence-corrected chi connectivity index (χ3v) is 6.60. The predicted octanol–water partition coefficient (Wildman–Crippen LogP) is 5.30. The van der Waals surface area contributed by atoms with E-state index in [4.69, 9.17) is 16.7 Å². The zero-order chi connectivity index (χ0) is 27.1. The van der Waals surface area contributed by atoms with E-state index < -0.39 is 0 Å². The maximum atomic E-state index is 12.6. The van der Waals surface area contributed by atoms with Gasteiger partial charge in [0.15, 0.2) is 0 Å². The fraction of sp³-hybridized carbons (Fsp3) is 0.276. The average molecular weight is 529 g/mol. The zero-order valence-corrected chi connectivity index (χ0v) is 22.4. The predicted molar refractivity (Wildman–Crippen MR) is 150 cm³/mol. The van der Waals surface area contributed by atoms with Crippen molar-refractivity contribution in [3.63, 3.8) is 0 Å². The normalized spacial score (nSPS) is 11.5. The van der Waals surface area contributed by atoms with Crippen LogP contribution in [-0.4, -0.2) is 49.6 Å². The molecular formula is C29H29ClN6O2. The number of carbonyl (C=O) groups excluding carboxylic acids is 2. The van der Waals surface area contributed by atoms with Crippen LogP contribution in [0.15, 0.2) is 61.1 Å². The van der Waals surface area contributed by atoms with Crippen molar-refractivity contribution in [1.82, 2.24) is 24.6 Å². The highest BCUT2D eigenvalue weighted by molar-refractivity contribution is 6.35. The van der Waals surface area contributed by atoms with Gasteiger partial charge in [0.2, 0.25) is 0 Å². The molecule has 8 nitrogen and oxygen atoms in total. The first-order valence-electron chi connectivity index (χ1n) is 12.5. The molecule has 3 heterocycles. The monoisotopic (exact) mass is 528 g/mol. The Bertz CT molecular complexity index is 1490. The van der Waals surface area contributed by atoms with Crippen LogP contribution in [0.2, 0.25) is 5.02 Å². The van der Waals surface area contributed by atoms with Crippen LogP contribution in [-0.2, 0) is 11.3 Å². The zero-order valence-electron chi connectivity index (χ0n) is 21.6. The lowest BCUT2D eigenvalue weighted by Gasteiger charge is -2.24. The van der Waals surface area contributed by atoms with Crippen LogP contribution in [0, 0.1) is 17.8 Å². The first-order valence-corrected chi connectivity index (χ1v) is 12.9. The van der Waals surface area contributed by atoms with Crippen LogP contribution in [0.4, 0.5) is 5.82 Å². The van der Waals surface area contributed by atoms with Gasteiger partial charge in [-0.3, -0.25) is 19.3 Å². The second kappa shape index (κ2) is 12.3. The maximum Gasteiger partial charge on any atom is 0.298 e. The van der Waals surface area contributed by atoms with Gasteiger partial charge in [-0.2, -0.15) is 5.10 Å². The number of carbonyl (C=O) groups is 2. The number of fused-ring (bicyclic) bond motifs is 1. The standard InChI is InChI=1S/C29H29ClN6O2/c1-4-9-26(37)35(6-3)18-20(5-2)19-36-28-23(16-31-17-24(28)30)27(34-36)21-11-13-22(14-12-21)29(38)33-25-10-7-8-15-32-25/h7-8,10-17,20H,5-6,18-19H2,1-3H3,(H,32,33,38). The average Bonchev–Trinajstić information content (AvgIpc) is 3.31. The van der Waals surface area contributed by atoms with Crippen molar-refractivity contribution in [1.29, 1.82) is 0 Å². The molecule has 38 heavy (non-hydrogen) atoms. The van der Waals surface area contributed by atoms with E-state index in [-0.39, 0.29) is 17.7 Å². The second-order valence-corrected chi connectivity index (χ2v) is 9.19. The molecule has 0 spiro atoms. The van der Waals surface area contributed by atoms with Crippen molar-refractivity contribution in [2.75, 3.05) is 18.4 Å². The number of nitrogens with zero attached hydrogens (tertiary/aromatic N) is 5. The van der Waals surface area contributed by atoms with Crippen LogP contribution < -0.4 is 5.32 Å². The lowest BCUT2D eigenvalue weighted by Crippen LogP contribution is -2.35. The molecule has 0 aliphatic rings. The summed E-state index contributed by atoms with van der Waals surface area (Å²) >= 11 is 6.59. The number of benzene rings is 1. The third kappa shape index (κ3) is 6.01. The Balaban J connectivity index is 1.61. The summed E-state index contributed by atoms with van der Waals surface area (Å²) < 4.78 is 1.90. The third-order valence-electron chi connectivity index (χ3n) is 6.32. The fourth-order valence-corrected chi connectivity index (χ4v) is 4.51. The van der Waals surface area contributed by atoms with Crippen LogP contribution >= 0.6 is 11.6 Å². The molecular weight excluding hydrogens is 500 g/mol. The number of rotatable bonds is 9. The topological polar surface area (TPSA) is 93.0 Å². The number of halogens is 1. The number of aromatic nitrogens is 4. The van der Waals surface area contributed by atoms with Gasteiger partial charge in [0.25, 0.3) is 11.8 Å². The van der Waals surface area contributed by atoms with Gasteiger partial charge in [-0.15, -0.1) is 0 Å². The largest absolute Gasteiger partial charge is 0.332 e. The van der Waals surface area contributed by atoms with Crippen molar-refractivity contribution in [3.8, 4) is 23.1 Å². The molecule has 1 unspecified atom stereocenters. The number of pyridine rings is 2. The summed E-state index contributed by atoms with van der Waals surface area (Å²) in [6.45, 7) is 7.44. The molecule has 0 aliphatic heterocycles. The number of hydrogen-bond acceptors (Lipinski definition) is 5. The number of amides is 2. The molecule has 0 fully saturated rings. The van der Waals surface area contributed by atoms with Crippen molar-refractivity contribution < 1.29 is 9.59 Å². The van der Waals surface area contributed by atoms with Crippen LogP contribution in [0.5, 0.6) is 0 Å². The highest BCUT2D eigenvalue weighted by Crippen LogP contribution is 2.32. The van der Waals surface area contributed by atoms with E-state index in [2.05, 4.69) is 34.0 Å². The van der Waals surface area contributed by atoms with E-state index in [1.807, 2.05) is 29.8 Å². The molecule has 0 bridgehead atoms. The highest BCUT2D eigenvalue weighted by Gasteiger charge is 2.21. The van der Waals surface area contributed by atoms with Gasteiger partial charge in [0.05, 0.1) is 10.5 Å². The molecule has 0 radical (unpaired) electrons. The minimum Gasteiger partial charge on any atom is -0.332 e. The lowest BCUT2D eigenvalue weighted by atomic mass is 10.1. The van der Waals surface area contributed by atoms with Crippen LogP contribution in [0.25, 0.3) is 22.2 Å². The maximum absolute atomic E-state index is 12.6. The van der Waals surface area contributed by atoms with Crippen molar-refractivity contribution >= 4 is 40.1 Å². The van der Waals surface area contributed by atoms with E-state index in [0.717, 1.165) is 28.6 Å². The summed E-state index contributed by atoms with van der Waals surface area (Å²) in [4.78, 5) is 35.2. The summed E-state index contributed by atoms with van der Waals surface area (Å²) in [5, 5.41) is 9.02. The molecule has 9 heteroatoms. The molecule has 1 N–H and O–H groups in total. The van der Waals surface area contributed by atoms with E-state index in [9.17, 15) is 9.59 Å². The molecule has 0 aliphatic carbocycles. The van der Waals surface area contributed by atoms with Gasteiger partial charge in [0.1, 0.15) is 11.5 Å². The van der Waals surface area contributed by atoms with E-state index in [1.165, 1.54) is 0 Å². The Kier molecular flexibility index (Phi) is 8.72. The van der Waals surface area contributed by atoms with Gasteiger partial charge in [0, 0.05) is 54.7 Å². The Morgan fingerprint density at radius 1 is 1.13 bits per heavy atom. The number of anilines is 1. The summed E-state index contributed by atoms with van der Waals surface area (Å²) in [6.07, 6.45) is 5.83. The molecule has 2 amide bonds. The van der Waals surface area contributed by atoms with E-state index in [0.29, 0.717) is 36.0 Å². The van der Waals surface area contributed by atoms with E-state index in [1.54, 1.807) is 54.7 Å². The highest BCUT2D eigenvalue weighted by atomic mass is 35.5. The number of hydrogen-bond donors (Lipinski definition) is 1. The smallest absolute Gasteiger partial charge is 0.298 e. The van der Waals surface area contributed by atoms with Gasteiger partial charge < -0.3 is 10.2 Å². The van der Waals surface area contributed by atoms with Crippen LogP contribution in [0.1, 0.15) is 37.6 Å². The van der Waals surface area contributed by atoms with Crippen molar-refractivity contribution in [2.24, 2.45) is 5.92 Å².